The van der Waals surface area contributed by atoms with Crippen molar-refractivity contribution in [1.82, 2.24) is 4.90 Å². The Bertz CT molecular complexity index is 680. The average molecular weight is 340 g/mol. The van der Waals surface area contributed by atoms with Gasteiger partial charge in [0.2, 0.25) is 0 Å². The third-order valence-corrected chi connectivity index (χ3v) is 4.45. The molecule has 2 aromatic rings. The van der Waals surface area contributed by atoms with Gasteiger partial charge in [-0.25, -0.2) is 4.79 Å². The minimum atomic E-state index is -0.885. The van der Waals surface area contributed by atoms with E-state index in [1.165, 1.54) is 0 Å². The predicted molar refractivity (Wildman–Crippen MR) is 98.6 cm³/mol. The Morgan fingerprint density at radius 2 is 1.68 bits per heavy atom. The highest BCUT2D eigenvalue weighted by Gasteiger charge is 2.19. The molecule has 1 N–H and O–H groups in total. The van der Waals surface area contributed by atoms with E-state index in [9.17, 15) is 4.79 Å². The number of nitrogens with zero attached hydrogens (tertiary/aromatic N) is 2. The molecule has 0 spiro atoms. The quantitative estimate of drug-likeness (QED) is 0.876. The Balaban J connectivity index is 1.47. The minimum absolute atomic E-state index is 0.142. The summed E-state index contributed by atoms with van der Waals surface area (Å²) in [5.74, 6) is 0.0240. The van der Waals surface area contributed by atoms with Gasteiger partial charge in [-0.15, -0.1) is 0 Å². The van der Waals surface area contributed by atoms with Crippen molar-refractivity contribution < 1.29 is 14.6 Å². The molecule has 1 saturated heterocycles. The summed E-state index contributed by atoms with van der Waals surface area (Å²) >= 11 is 0. The fraction of sp³-hybridized carbons (Fsp3) is 0.350. The molecule has 1 aliphatic heterocycles. The second kappa shape index (κ2) is 8.03. The van der Waals surface area contributed by atoms with Crippen LogP contribution in [-0.2, 0) is 0 Å². The molecule has 3 rings (SSSR count). The van der Waals surface area contributed by atoms with E-state index in [0.717, 1.165) is 44.2 Å². The molecule has 0 aromatic heterocycles. The molecule has 1 fully saturated rings. The van der Waals surface area contributed by atoms with Gasteiger partial charge in [-0.2, -0.15) is 0 Å². The molecule has 132 valence electrons. The third kappa shape index (κ3) is 4.73. The van der Waals surface area contributed by atoms with Gasteiger partial charge in [-0.1, -0.05) is 18.2 Å². The molecule has 0 radical (unpaired) electrons. The van der Waals surface area contributed by atoms with E-state index >= 15 is 0 Å². The summed E-state index contributed by atoms with van der Waals surface area (Å²) in [6.45, 7) is 6.83. The normalized spacial score (nSPS) is 16.4. The van der Waals surface area contributed by atoms with Gasteiger partial charge in [0.15, 0.2) is 0 Å². The molecule has 5 heteroatoms. The number of anilines is 1. The lowest BCUT2D eigenvalue weighted by atomic mass is 10.2. The van der Waals surface area contributed by atoms with E-state index in [-0.39, 0.29) is 6.10 Å². The summed E-state index contributed by atoms with van der Waals surface area (Å²) in [7, 11) is 0. The molecular formula is C20H24N2O3. The van der Waals surface area contributed by atoms with Gasteiger partial charge in [0.1, 0.15) is 11.9 Å². The molecule has 1 unspecified atom stereocenters. The molecule has 5 nitrogen and oxygen atoms in total. The van der Waals surface area contributed by atoms with Gasteiger partial charge in [0.25, 0.3) is 0 Å². The van der Waals surface area contributed by atoms with Crippen LogP contribution < -0.4 is 9.64 Å². The lowest BCUT2D eigenvalue weighted by molar-refractivity contribution is 0.0697. The Morgan fingerprint density at radius 3 is 2.28 bits per heavy atom. The first-order valence-corrected chi connectivity index (χ1v) is 8.64. The van der Waals surface area contributed by atoms with Crippen LogP contribution in [0.1, 0.15) is 17.3 Å². The Morgan fingerprint density at radius 1 is 1.04 bits per heavy atom. The number of hydrogen-bond acceptors (Lipinski definition) is 4. The van der Waals surface area contributed by atoms with Crippen LogP contribution in [0.4, 0.5) is 5.69 Å². The molecule has 0 saturated carbocycles. The zero-order valence-corrected chi connectivity index (χ0v) is 14.5. The number of carbonyl (C=O) groups is 1. The first-order valence-electron chi connectivity index (χ1n) is 8.64. The summed E-state index contributed by atoms with van der Waals surface area (Å²) in [5.41, 5.74) is 1.41. The highest BCUT2D eigenvalue weighted by atomic mass is 16.5. The zero-order chi connectivity index (χ0) is 17.6. The number of carboxylic acids is 1. The number of para-hydroxylation sites is 1. The maximum absolute atomic E-state index is 10.9. The molecule has 1 heterocycles. The molecule has 0 bridgehead atoms. The smallest absolute Gasteiger partial charge is 0.335 e. The van der Waals surface area contributed by atoms with Crippen molar-refractivity contribution in [1.29, 1.82) is 0 Å². The van der Waals surface area contributed by atoms with E-state index in [1.54, 1.807) is 12.1 Å². The maximum atomic E-state index is 10.9. The molecule has 2 aromatic carbocycles. The van der Waals surface area contributed by atoms with Crippen molar-refractivity contribution in [2.75, 3.05) is 37.6 Å². The van der Waals surface area contributed by atoms with Crippen molar-refractivity contribution in [2.24, 2.45) is 0 Å². The van der Waals surface area contributed by atoms with Gasteiger partial charge in [-0.3, -0.25) is 4.90 Å². The molecule has 1 atom stereocenters. The number of aromatic carboxylic acids is 1. The van der Waals surface area contributed by atoms with Crippen molar-refractivity contribution in [3.8, 4) is 5.75 Å². The number of hydrogen-bond donors (Lipinski definition) is 1. The maximum Gasteiger partial charge on any atom is 0.335 e. The van der Waals surface area contributed by atoms with Crippen LogP contribution in [0.3, 0.4) is 0 Å². The molecule has 1 aliphatic rings. The number of rotatable bonds is 6. The molecule has 25 heavy (non-hydrogen) atoms. The first-order chi connectivity index (χ1) is 12.1. The third-order valence-electron chi connectivity index (χ3n) is 4.45. The Labute approximate surface area is 148 Å². The SMILES string of the molecule is CC(CN1CCN(c2ccc(C(=O)O)cc2)CC1)Oc1ccccc1. The largest absolute Gasteiger partial charge is 0.489 e. The van der Waals surface area contributed by atoms with Gasteiger partial charge in [-0.05, 0) is 43.3 Å². The molecule has 0 aliphatic carbocycles. The topological polar surface area (TPSA) is 53.0 Å². The van der Waals surface area contributed by atoms with Gasteiger partial charge >= 0.3 is 5.97 Å². The van der Waals surface area contributed by atoms with Crippen LogP contribution >= 0.6 is 0 Å². The highest BCUT2D eigenvalue weighted by Crippen LogP contribution is 2.18. The van der Waals surface area contributed by atoms with Crippen LogP contribution in [0.25, 0.3) is 0 Å². The lowest BCUT2D eigenvalue weighted by Gasteiger charge is -2.37. The van der Waals surface area contributed by atoms with Crippen molar-refractivity contribution in [3.05, 3.63) is 60.2 Å². The van der Waals surface area contributed by atoms with E-state index < -0.39 is 5.97 Å². The monoisotopic (exact) mass is 340 g/mol. The van der Waals surface area contributed by atoms with Gasteiger partial charge in [0.05, 0.1) is 5.56 Å². The van der Waals surface area contributed by atoms with E-state index in [4.69, 9.17) is 9.84 Å². The summed E-state index contributed by atoms with van der Waals surface area (Å²) < 4.78 is 5.95. The zero-order valence-electron chi connectivity index (χ0n) is 14.5. The Kier molecular flexibility index (Phi) is 5.56. The summed E-state index contributed by atoms with van der Waals surface area (Å²) in [6, 6.07) is 17.0. The summed E-state index contributed by atoms with van der Waals surface area (Å²) in [4.78, 5) is 15.6. The fourth-order valence-corrected chi connectivity index (χ4v) is 3.14. The van der Waals surface area contributed by atoms with Crippen molar-refractivity contribution in [2.45, 2.75) is 13.0 Å². The van der Waals surface area contributed by atoms with Crippen LogP contribution in [0.5, 0.6) is 5.75 Å². The average Bonchev–Trinajstić information content (AvgIpc) is 2.63. The Hall–Kier alpha value is -2.53. The van der Waals surface area contributed by atoms with Gasteiger partial charge < -0.3 is 14.7 Å². The van der Waals surface area contributed by atoms with Crippen LogP contribution in [-0.4, -0.2) is 54.8 Å². The lowest BCUT2D eigenvalue weighted by Crippen LogP contribution is -2.48. The highest BCUT2D eigenvalue weighted by molar-refractivity contribution is 5.88. The second-order valence-electron chi connectivity index (χ2n) is 6.38. The second-order valence-corrected chi connectivity index (χ2v) is 6.38. The van der Waals surface area contributed by atoms with Crippen LogP contribution in [0.15, 0.2) is 54.6 Å². The standard InChI is InChI=1S/C20H24N2O3/c1-16(25-19-5-3-2-4-6-19)15-21-11-13-22(14-12-21)18-9-7-17(8-10-18)20(23)24/h2-10,16H,11-15H2,1H3,(H,23,24). The molecular weight excluding hydrogens is 316 g/mol. The fourth-order valence-electron chi connectivity index (χ4n) is 3.14. The van der Waals surface area contributed by atoms with Crippen molar-refractivity contribution in [3.63, 3.8) is 0 Å². The van der Waals surface area contributed by atoms with Crippen LogP contribution in [0, 0.1) is 0 Å². The summed E-state index contributed by atoms with van der Waals surface area (Å²) in [6.07, 6.45) is 0.142. The molecule has 0 amide bonds. The van der Waals surface area contributed by atoms with E-state index in [0.29, 0.717) is 5.56 Å². The van der Waals surface area contributed by atoms with E-state index in [2.05, 4.69) is 16.7 Å². The van der Waals surface area contributed by atoms with Crippen LogP contribution in [0.2, 0.25) is 0 Å². The van der Waals surface area contributed by atoms with Crippen molar-refractivity contribution >= 4 is 11.7 Å². The summed E-state index contributed by atoms with van der Waals surface area (Å²) in [5, 5.41) is 8.98. The van der Waals surface area contributed by atoms with E-state index in [1.807, 2.05) is 42.5 Å². The number of ether oxygens (including phenoxy) is 1. The van der Waals surface area contributed by atoms with Gasteiger partial charge in [0, 0.05) is 38.4 Å². The first kappa shape index (κ1) is 17.3. The minimum Gasteiger partial charge on any atom is -0.489 e. The number of benzene rings is 2. The number of carboxylic acid groups (broad SMARTS) is 1. The predicted octanol–water partition coefficient (Wildman–Crippen LogP) is 2.97. The number of piperazine rings is 1.